The summed E-state index contributed by atoms with van der Waals surface area (Å²) in [6, 6.07) is 8.08. The van der Waals surface area contributed by atoms with Gasteiger partial charge in [-0.3, -0.25) is 0 Å². The van der Waals surface area contributed by atoms with E-state index in [4.69, 9.17) is 4.74 Å². The van der Waals surface area contributed by atoms with E-state index >= 15 is 0 Å². The molecule has 15 heavy (non-hydrogen) atoms. The highest BCUT2D eigenvalue weighted by Crippen LogP contribution is 2.27. The number of para-hydroxylation sites is 1. The smallest absolute Gasteiger partial charge is 0.126 e. The van der Waals surface area contributed by atoms with Crippen LogP contribution >= 0.6 is 0 Å². The number of hydrogen-bond donors (Lipinski definition) is 0. The number of rotatable bonds is 2. The minimum Gasteiger partial charge on any atom is -0.496 e. The van der Waals surface area contributed by atoms with E-state index in [1.165, 1.54) is 5.57 Å². The van der Waals surface area contributed by atoms with E-state index in [1.54, 1.807) is 7.11 Å². The lowest BCUT2D eigenvalue weighted by atomic mass is 10.0. The summed E-state index contributed by atoms with van der Waals surface area (Å²) in [7, 11) is 1.70. The molecule has 1 aromatic rings. The van der Waals surface area contributed by atoms with Gasteiger partial charge in [-0.15, -0.1) is 0 Å². The molecular formula is C14H14O. The Morgan fingerprint density at radius 2 is 2.00 bits per heavy atom. The molecule has 1 nitrogen and oxygen atoms in total. The molecule has 0 N–H and O–H groups in total. The van der Waals surface area contributed by atoms with Crippen LogP contribution in [0.25, 0.3) is 5.57 Å². The van der Waals surface area contributed by atoms with Crippen molar-refractivity contribution in [2.45, 2.75) is 6.42 Å². The van der Waals surface area contributed by atoms with Gasteiger partial charge < -0.3 is 4.74 Å². The van der Waals surface area contributed by atoms with Gasteiger partial charge in [-0.1, -0.05) is 48.6 Å². The van der Waals surface area contributed by atoms with E-state index < -0.39 is 0 Å². The van der Waals surface area contributed by atoms with Gasteiger partial charge in [0.2, 0.25) is 0 Å². The average Bonchev–Trinajstić information content (AvgIpc) is 2.57. The van der Waals surface area contributed by atoms with Crippen LogP contribution in [0.1, 0.15) is 12.0 Å². The van der Waals surface area contributed by atoms with Crippen LogP contribution < -0.4 is 4.74 Å². The van der Waals surface area contributed by atoms with Gasteiger partial charge in [-0.25, -0.2) is 0 Å². The predicted octanol–water partition coefficient (Wildman–Crippen LogP) is 3.59. The van der Waals surface area contributed by atoms with Crippen LogP contribution in [-0.2, 0) is 0 Å². The maximum atomic E-state index is 5.34. The van der Waals surface area contributed by atoms with Crippen LogP contribution in [0.2, 0.25) is 0 Å². The Morgan fingerprint density at radius 3 is 2.87 bits per heavy atom. The molecule has 0 unspecified atom stereocenters. The van der Waals surface area contributed by atoms with E-state index in [2.05, 4.69) is 36.4 Å². The predicted molar refractivity (Wildman–Crippen MR) is 63.9 cm³/mol. The monoisotopic (exact) mass is 198 g/mol. The highest BCUT2D eigenvalue weighted by molar-refractivity contribution is 5.79. The summed E-state index contributed by atoms with van der Waals surface area (Å²) in [5.41, 5.74) is 2.34. The van der Waals surface area contributed by atoms with Crippen LogP contribution in [0.5, 0.6) is 5.75 Å². The first kappa shape index (κ1) is 9.78. The number of benzene rings is 1. The molecule has 0 radical (unpaired) electrons. The largest absolute Gasteiger partial charge is 0.496 e. The Balaban J connectivity index is 2.44. The topological polar surface area (TPSA) is 9.23 Å². The van der Waals surface area contributed by atoms with Crippen LogP contribution in [-0.4, -0.2) is 7.11 Å². The van der Waals surface area contributed by atoms with Gasteiger partial charge in [-0.2, -0.15) is 0 Å². The van der Waals surface area contributed by atoms with Crippen molar-refractivity contribution in [3.63, 3.8) is 0 Å². The van der Waals surface area contributed by atoms with Crippen molar-refractivity contribution >= 4 is 5.57 Å². The summed E-state index contributed by atoms with van der Waals surface area (Å²) < 4.78 is 5.34. The Bertz CT molecular complexity index is 425. The molecule has 0 bridgehead atoms. The molecule has 0 fully saturated rings. The third-order valence-electron chi connectivity index (χ3n) is 2.40. The molecule has 2 rings (SSSR count). The molecule has 1 aromatic carbocycles. The zero-order valence-electron chi connectivity index (χ0n) is 8.81. The highest BCUT2D eigenvalue weighted by Gasteiger charge is 2.04. The van der Waals surface area contributed by atoms with Gasteiger partial charge in [-0.05, 0) is 18.1 Å². The van der Waals surface area contributed by atoms with Crippen molar-refractivity contribution < 1.29 is 4.74 Å². The molecule has 0 spiro atoms. The second-order valence-electron chi connectivity index (χ2n) is 3.39. The third-order valence-corrected chi connectivity index (χ3v) is 2.40. The molecular weight excluding hydrogens is 184 g/mol. The molecule has 0 heterocycles. The van der Waals surface area contributed by atoms with Crippen molar-refractivity contribution in [2.24, 2.45) is 0 Å². The van der Waals surface area contributed by atoms with E-state index in [1.807, 2.05) is 18.2 Å². The summed E-state index contributed by atoms with van der Waals surface area (Å²) in [5, 5.41) is 0. The van der Waals surface area contributed by atoms with Crippen molar-refractivity contribution in [1.82, 2.24) is 0 Å². The molecule has 0 saturated heterocycles. The Morgan fingerprint density at radius 1 is 1.13 bits per heavy atom. The minimum absolute atomic E-state index is 0.920. The summed E-state index contributed by atoms with van der Waals surface area (Å²) in [6.45, 7) is 0. The SMILES string of the molecule is COc1ccccc1C1=CC=CCC=C1. The lowest BCUT2D eigenvalue weighted by Gasteiger charge is -2.08. The van der Waals surface area contributed by atoms with Crippen molar-refractivity contribution in [3.8, 4) is 5.75 Å². The molecule has 0 saturated carbocycles. The second-order valence-corrected chi connectivity index (χ2v) is 3.39. The quantitative estimate of drug-likeness (QED) is 0.705. The van der Waals surface area contributed by atoms with Crippen LogP contribution in [0.4, 0.5) is 0 Å². The van der Waals surface area contributed by atoms with E-state index in [-0.39, 0.29) is 0 Å². The summed E-state index contributed by atoms with van der Waals surface area (Å²) in [5.74, 6) is 0.920. The van der Waals surface area contributed by atoms with Gasteiger partial charge in [0.1, 0.15) is 5.75 Å². The van der Waals surface area contributed by atoms with Gasteiger partial charge in [0.15, 0.2) is 0 Å². The van der Waals surface area contributed by atoms with Gasteiger partial charge in [0, 0.05) is 5.56 Å². The molecule has 1 heteroatoms. The van der Waals surface area contributed by atoms with Gasteiger partial charge in [0.05, 0.1) is 7.11 Å². The first-order valence-electron chi connectivity index (χ1n) is 5.08. The van der Waals surface area contributed by atoms with Crippen molar-refractivity contribution in [3.05, 3.63) is 60.2 Å². The fourth-order valence-electron chi connectivity index (χ4n) is 1.64. The molecule has 0 aliphatic heterocycles. The molecule has 0 atom stereocenters. The number of ether oxygens (including phenoxy) is 1. The second kappa shape index (κ2) is 4.65. The summed E-state index contributed by atoms with van der Waals surface area (Å²) >= 11 is 0. The number of allylic oxidation sites excluding steroid dienone is 6. The maximum absolute atomic E-state index is 5.34. The molecule has 0 amide bonds. The molecule has 0 aromatic heterocycles. The average molecular weight is 198 g/mol. The van der Waals surface area contributed by atoms with Gasteiger partial charge >= 0.3 is 0 Å². The Hall–Kier alpha value is -1.76. The maximum Gasteiger partial charge on any atom is 0.126 e. The minimum atomic E-state index is 0.920. The van der Waals surface area contributed by atoms with E-state index in [9.17, 15) is 0 Å². The summed E-state index contributed by atoms with van der Waals surface area (Å²) in [4.78, 5) is 0. The molecule has 1 aliphatic carbocycles. The van der Waals surface area contributed by atoms with Gasteiger partial charge in [0.25, 0.3) is 0 Å². The van der Waals surface area contributed by atoms with Crippen molar-refractivity contribution in [1.29, 1.82) is 0 Å². The van der Waals surface area contributed by atoms with E-state index in [0.29, 0.717) is 0 Å². The standard InChI is InChI=1S/C14H14O/c1-15-14-11-7-6-10-13(14)12-8-4-2-3-5-9-12/h2,4-11H,3H2,1H3. The first-order valence-corrected chi connectivity index (χ1v) is 5.08. The fourth-order valence-corrected chi connectivity index (χ4v) is 1.64. The fraction of sp³-hybridized carbons (Fsp3) is 0.143. The normalized spacial score (nSPS) is 14.6. The number of hydrogen-bond acceptors (Lipinski definition) is 1. The van der Waals surface area contributed by atoms with Crippen LogP contribution in [0, 0.1) is 0 Å². The zero-order valence-corrected chi connectivity index (χ0v) is 8.81. The lowest BCUT2D eigenvalue weighted by Crippen LogP contribution is -1.89. The van der Waals surface area contributed by atoms with Crippen molar-refractivity contribution in [2.75, 3.05) is 7.11 Å². The van der Waals surface area contributed by atoms with E-state index in [0.717, 1.165) is 17.7 Å². The first-order chi connectivity index (χ1) is 7.42. The van der Waals surface area contributed by atoms with Crippen LogP contribution in [0.3, 0.4) is 0 Å². The highest BCUT2D eigenvalue weighted by atomic mass is 16.5. The van der Waals surface area contributed by atoms with Crippen LogP contribution in [0.15, 0.2) is 54.6 Å². The molecule has 1 aliphatic rings. The lowest BCUT2D eigenvalue weighted by molar-refractivity contribution is 0.413. The number of methoxy groups -OCH3 is 1. The summed E-state index contributed by atoms with van der Waals surface area (Å²) in [6.07, 6.45) is 11.6. The third kappa shape index (κ3) is 2.18. The zero-order chi connectivity index (χ0) is 10.5. The Labute approximate surface area is 90.4 Å². The Kier molecular flexibility index (Phi) is 3.03. The molecule has 76 valence electrons.